The lowest BCUT2D eigenvalue weighted by Gasteiger charge is -2.12. The van der Waals surface area contributed by atoms with Crippen LogP contribution in [0.1, 0.15) is 18.4 Å². The first-order valence-electron chi connectivity index (χ1n) is 5.72. The van der Waals surface area contributed by atoms with Crippen LogP contribution in [0.3, 0.4) is 0 Å². The summed E-state index contributed by atoms with van der Waals surface area (Å²) >= 11 is 11.6. The number of halogens is 5. The van der Waals surface area contributed by atoms with Crippen molar-refractivity contribution in [2.75, 3.05) is 6.54 Å². The fraction of sp³-hybridized carbons (Fsp3) is 0.455. The third kappa shape index (κ3) is 5.30. The lowest BCUT2D eigenvalue weighted by Crippen LogP contribution is -2.26. The molecule has 10 heteroatoms. The third-order valence-electron chi connectivity index (χ3n) is 2.53. The number of hydrogen-bond acceptors (Lipinski definition) is 3. The molecule has 1 aromatic rings. The normalized spacial score (nSPS) is 12.7. The Morgan fingerprint density at radius 2 is 1.86 bits per heavy atom. The van der Waals surface area contributed by atoms with Crippen molar-refractivity contribution >= 4 is 33.2 Å². The van der Waals surface area contributed by atoms with Crippen LogP contribution in [0.2, 0.25) is 10.0 Å². The molecule has 0 unspecified atom stereocenters. The van der Waals surface area contributed by atoms with Crippen LogP contribution in [-0.4, -0.2) is 26.2 Å². The third-order valence-corrected chi connectivity index (χ3v) is 4.93. The number of hydrogen-bond donors (Lipinski definition) is 2. The lowest BCUT2D eigenvalue weighted by atomic mass is 10.2. The molecule has 0 aliphatic carbocycles. The van der Waals surface area contributed by atoms with Crippen molar-refractivity contribution in [1.82, 2.24) is 4.72 Å². The number of benzene rings is 1. The average Bonchev–Trinajstić information content (AvgIpc) is 2.34. The van der Waals surface area contributed by atoms with Gasteiger partial charge in [-0.2, -0.15) is 13.2 Å². The predicted octanol–water partition coefficient (Wildman–Crippen LogP) is 3.11. The zero-order valence-corrected chi connectivity index (χ0v) is 12.9. The first kappa shape index (κ1) is 18.5. The molecule has 0 aliphatic heterocycles. The second kappa shape index (κ2) is 7.15. The van der Waals surface area contributed by atoms with Crippen LogP contribution in [-0.2, 0) is 16.6 Å². The molecule has 0 saturated heterocycles. The minimum Gasteiger partial charge on any atom is -0.392 e. The van der Waals surface area contributed by atoms with E-state index < -0.39 is 29.2 Å². The second-order valence-corrected chi connectivity index (χ2v) is 6.63. The van der Waals surface area contributed by atoms with Crippen LogP contribution in [0.15, 0.2) is 17.0 Å². The maximum Gasteiger partial charge on any atom is 0.389 e. The van der Waals surface area contributed by atoms with Crippen molar-refractivity contribution in [3.05, 3.63) is 27.7 Å². The van der Waals surface area contributed by atoms with E-state index >= 15 is 0 Å². The summed E-state index contributed by atoms with van der Waals surface area (Å²) in [5, 5.41) is 8.92. The number of nitrogens with one attached hydrogen (secondary N) is 1. The first-order valence-corrected chi connectivity index (χ1v) is 7.96. The van der Waals surface area contributed by atoms with Gasteiger partial charge in [0.25, 0.3) is 0 Å². The Kier molecular flexibility index (Phi) is 6.30. The van der Waals surface area contributed by atoms with Gasteiger partial charge < -0.3 is 5.11 Å². The van der Waals surface area contributed by atoms with Gasteiger partial charge in [0, 0.05) is 23.6 Å². The van der Waals surface area contributed by atoms with Gasteiger partial charge in [0.1, 0.15) is 4.90 Å². The maximum atomic E-state index is 12.0. The van der Waals surface area contributed by atoms with E-state index in [0.717, 1.165) is 6.07 Å². The second-order valence-electron chi connectivity index (χ2n) is 4.11. The highest BCUT2D eigenvalue weighted by atomic mass is 35.5. The van der Waals surface area contributed by atoms with Gasteiger partial charge in [-0.3, -0.25) is 0 Å². The lowest BCUT2D eigenvalue weighted by molar-refractivity contribution is -0.135. The molecule has 120 valence electrons. The molecule has 0 radical (unpaired) electrons. The van der Waals surface area contributed by atoms with Crippen molar-refractivity contribution in [1.29, 1.82) is 0 Å². The van der Waals surface area contributed by atoms with Crippen LogP contribution >= 0.6 is 23.2 Å². The van der Waals surface area contributed by atoms with E-state index in [1.54, 1.807) is 0 Å². The van der Waals surface area contributed by atoms with Gasteiger partial charge in [-0.05, 0) is 18.6 Å². The average molecular weight is 366 g/mol. The Morgan fingerprint density at radius 1 is 1.24 bits per heavy atom. The Hall–Kier alpha value is -0.540. The van der Waals surface area contributed by atoms with E-state index in [1.807, 2.05) is 4.72 Å². The van der Waals surface area contributed by atoms with Gasteiger partial charge in [0.15, 0.2) is 0 Å². The molecule has 1 rings (SSSR count). The minimum atomic E-state index is -4.34. The van der Waals surface area contributed by atoms with Crippen molar-refractivity contribution in [3.63, 3.8) is 0 Å². The molecule has 0 aromatic heterocycles. The molecule has 0 amide bonds. The molecule has 0 fully saturated rings. The van der Waals surface area contributed by atoms with Crippen molar-refractivity contribution in [2.45, 2.75) is 30.5 Å². The Morgan fingerprint density at radius 3 is 2.38 bits per heavy atom. The SMILES string of the molecule is O=S(=O)(NCCCC(F)(F)F)c1ccc(Cl)c(CO)c1Cl. The minimum absolute atomic E-state index is 0.0384. The summed E-state index contributed by atoms with van der Waals surface area (Å²) in [5.41, 5.74) is 0.0384. The van der Waals surface area contributed by atoms with Crippen LogP contribution in [0.5, 0.6) is 0 Å². The molecular formula is C11H12Cl2F3NO3S. The van der Waals surface area contributed by atoms with Crippen LogP contribution in [0.25, 0.3) is 0 Å². The number of alkyl halides is 3. The van der Waals surface area contributed by atoms with Gasteiger partial charge in [-0.25, -0.2) is 13.1 Å². The molecule has 0 bridgehead atoms. The number of aliphatic hydroxyl groups is 1. The molecule has 1 aromatic carbocycles. The summed E-state index contributed by atoms with van der Waals surface area (Å²) in [4.78, 5) is -0.343. The Balaban J connectivity index is 2.84. The van der Waals surface area contributed by atoms with Crippen molar-refractivity contribution in [2.24, 2.45) is 0 Å². The Bertz CT molecular complexity index is 605. The Labute approximate surface area is 129 Å². The summed E-state index contributed by atoms with van der Waals surface area (Å²) in [7, 11) is -4.08. The van der Waals surface area contributed by atoms with Crippen molar-refractivity contribution in [3.8, 4) is 0 Å². The molecule has 0 aliphatic rings. The number of aliphatic hydroxyl groups excluding tert-OH is 1. The number of rotatable bonds is 6. The first-order chi connectivity index (χ1) is 9.58. The fourth-order valence-corrected chi connectivity index (χ4v) is 3.47. The van der Waals surface area contributed by atoms with Crippen LogP contribution < -0.4 is 4.72 Å². The topological polar surface area (TPSA) is 66.4 Å². The van der Waals surface area contributed by atoms with Gasteiger partial charge in [-0.1, -0.05) is 23.2 Å². The summed E-state index contributed by atoms with van der Waals surface area (Å²) in [6.07, 6.45) is -5.82. The van der Waals surface area contributed by atoms with Crippen LogP contribution in [0.4, 0.5) is 13.2 Å². The van der Waals surface area contributed by atoms with Crippen molar-refractivity contribution < 1.29 is 26.7 Å². The van der Waals surface area contributed by atoms with E-state index in [0.29, 0.717) is 0 Å². The highest BCUT2D eigenvalue weighted by Gasteiger charge is 2.27. The van der Waals surface area contributed by atoms with E-state index in [4.69, 9.17) is 28.3 Å². The molecule has 4 nitrogen and oxygen atoms in total. The van der Waals surface area contributed by atoms with Gasteiger partial charge in [0.05, 0.1) is 11.6 Å². The predicted molar refractivity (Wildman–Crippen MR) is 72.9 cm³/mol. The molecule has 0 spiro atoms. The van der Waals surface area contributed by atoms with E-state index in [9.17, 15) is 21.6 Å². The molecule has 0 heterocycles. The highest BCUT2D eigenvalue weighted by molar-refractivity contribution is 7.89. The zero-order chi connectivity index (χ0) is 16.3. The summed E-state index contributed by atoms with van der Waals surface area (Å²) in [6, 6.07) is 2.36. The quantitative estimate of drug-likeness (QED) is 0.761. The van der Waals surface area contributed by atoms with E-state index in [1.165, 1.54) is 6.07 Å². The monoisotopic (exact) mass is 365 g/mol. The van der Waals surface area contributed by atoms with Crippen LogP contribution in [0, 0.1) is 0 Å². The largest absolute Gasteiger partial charge is 0.392 e. The molecule has 21 heavy (non-hydrogen) atoms. The number of sulfonamides is 1. The molecule has 0 atom stereocenters. The summed E-state index contributed by atoms with van der Waals surface area (Å²) in [6.45, 7) is -0.940. The fourth-order valence-electron chi connectivity index (χ4n) is 1.50. The van der Waals surface area contributed by atoms with E-state index in [-0.39, 0.29) is 33.5 Å². The van der Waals surface area contributed by atoms with Gasteiger partial charge >= 0.3 is 6.18 Å². The summed E-state index contributed by atoms with van der Waals surface area (Å²) in [5.74, 6) is 0. The van der Waals surface area contributed by atoms with Gasteiger partial charge in [-0.15, -0.1) is 0 Å². The molecule has 2 N–H and O–H groups in total. The zero-order valence-electron chi connectivity index (χ0n) is 10.5. The smallest absolute Gasteiger partial charge is 0.389 e. The summed E-state index contributed by atoms with van der Waals surface area (Å²) < 4.78 is 61.8. The molecular weight excluding hydrogens is 354 g/mol. The van der Waals surface area contributed by atoms with Gasteiger partial charge in [0.2, 0.25) is 10.0 Å². The highest BCUT2D eigenvalue weighted by Crippen LogP contribution is 2.31. The molecule has 0 saturated carbocycles. The van der Waals surface area contributed by atoms with E-state index in [2.05, 4.69) is 0 Å². The maximum absolute atomic E-state index is 12.0. The standard InChI is InChI=1S/C11H12Cl2F3NO3S/c12-8-2-3-9(10(13)7(8)6-18)21(19,20)17-5-1-4-11(14,15)16/h2-3,17-18H,1,4-6H2.